The first kappa shape index (κ1) is 42.3. The molecule has 1 aromatic carbocycles. The summed E-state index contributed by atoms with van der Waals surface area (Å²) in [6.45, 7) is 14.6. The molecule has 13 atom stereocenters. The minimum Gasteiger partial charge on any atom is -0.376 e. The van der Waals surface area contributed by atoms with E-state index in [1.54, 1.807) is 13.2 Å². The van der Waals surface area contributed by atoms with E-state index in [0.717, 1.165) is 63.4 Å². The van der Waals surface area contributed by atoms with E-state index in [9.17, 15) is 13.2 Å². The van der Waals surface area contributed by atoms with Crippen LogP contribution >= 0.6 is 0 Å². The summed E-state index contributed by atoms with van der Waals surface area (Å²) in [6.07, 6.45) is 1.67. The first-order chi connectivity index (χ1) is 25.9. The molecule has 1 saturated heterocycles. The number of rotatable bonds is 16. The third-order valence-corrected chi connectivity index (χ3v) is 14.4. The van der Waals surface area contributed by atoms with Crippen LogP contribution in [0.2, 0.25) is 0 Å². The van der Waals surface area contributed by atoms with Gasteiger partial charge in [0.15, 0.2) is 6.29 Å². The normalized spacial score (nSPS) is 40.9. The molecule has 308 valence electrons. The van der Waals surface area contributed by atoms with E-state index in [1.807, 2.05) is 33.8 Å². The predicted molar refractivity (Wildman–Crippen MR) is 195 cm³/mol. The van der Waals surface area contributed by atoms with E-state index in [-0.39, 0.29) is 49.3 Å². The van der Waals surface area contributed by atoms with Crippen LogP contribution in [0.25, 0.3) is 0 Å². The second-order valence-electron chi connectivity index (χ2n) is 16.7. The molecule has 0 aromatic heterocycles. The number of benzene rings is 1. The molecule has 0 spiro atoms. The fourth-order valence-electron chi connectivity index (χ4n) is 11.7. The molecule has 0 bridgehead atoms. The number of halogens is 3. The molecule has 0 unspecified atom stereocenters. The maximum absolute atomic E-state index is 13.9. The second kappa shape index (κ2) is 17.6. The highest BCUT2D eigenvalue weighted by Gasteiger charge is 2.69. The molecule has 1 aromatic rings. The van der Waals surface area contributed by atoms with Crippen molar-refractivity contribution >= 4 is 0 Å². The van der Waals surface area contributed by atoms with Gasteiger partial charge in [-0.2, -0.15) is 13.2 Å². The van der Waals surface area contributed by atoms with E-state index in [0.29, 0.717) is 37.6 Å². The van der Waals surface area contributed by atoms with Crippen molar-refractivity contribution < 1.29 is 55.8 Å². The highest BCUT2D eigenvalue weighted by atomic mass is 19.4. The van der Waals surface area contributed by atoms with Gasteiger partial charge in [0.25, 0.3) is 0 Å². The van der Waals surface area contributed by atoms with Gasteiger partial charge >= 0.3 is 6.18 Å². The fraction of sp³-hybridized carbons (Fsp3) is 0.857. The van der Waals surface area contributed by atoms with Gasteiger partial charge < -0.3 is 42.6 Å². The Kier molecular flexibility index (Phi) is 13.8. The molecule has 1 aliphatic heterocycles. The van der Waals surface area contributed by atoms with Crippen LogP contribution in [0.3, 0.4) is 0 Å². The molecule has 4 aliphatic carbocycles. The first-order valence-corrected chi connectivity index (χ1v) is 20.5. The molecule has 5 aliphatic rings. The van der Waals surface area contributed by atoms with Gasteiger partial charge in [0, 0.05) is 32.3 Å². The van der Waals surface area contributed by atoms with Crippen LogP contribution in [0.1, 0.15) is 116 Å². The minimum absolute atomic E-state index is 0.0118. The summed E-state index contributed by atoms with van der Waals surface area (Å²) in [7, 11) is 1.66. The second-order valence-corrected chi connectivity index (χ2v) is 16.7. The summed E-state index contributed by atoms with van der Waals surface area (Å²) < 4.78 is 97.1. The van der Waals surface area contributed by atoms with Crippen molar-refractivity contribution in [1.29, 1.82) is 0 Å². The maximum Gasteiger partial charge on any atom is 0.416 e. The molecule has 5 fully saturated rings. The Hall–Kier alpha value is -1.35. The molecule has 6 rings (SSSR count). The Labute approximate surface area is 320 Å². The Bertz CT molecular complexity index is 1350. The van der Waals surface area contributed by atoms with E-state index in [1.165, 1.54) is 12.1 Å². The van der Waals surface area contributed by atoms with Gasteiger partial charge in [-0.1, -0.05) is 32.0 Å². The number of hydrogen-bond donors (Lipinski definition) is 0. The number of methoxy groups -OCH3 is 1. The Morgan fingerprint density at radius 3 is 2.19 bits per heavy atom. The van der Waals surface area contributed by atoms with Crippen LogP contribution in [0.5, 0.6) is 0 Å². The number of alkyl halides is 3. The molecule has 4 saturated carbocycles. The quantitative estimate of drug-likeness (QED) is 0.0931. The molecule has 9 nitrogen and oxygen atoms in total. The smallest absolute Gasteiger partial charge is 0.376 e. The average Bonchev–Trinajstić information content (AvgIpc) is 3.45. The van der Waals surface area contributed by atoms with Crippen molar-refractivity contribution in [2.24, 2.45) is 28.6 Å². The van der Waals surface area contributed by atoms with Gasteiger partial charge in [-0.3, -0.25) is 0 Å². The molecule has 12 heteroatoms. The number of ether oxygens (including phenoxy) is 9. The van der Waals surface area contributed by atoms with Crippen LogP contribution in [0.4, 0.5) is 13.2 Å². The average molecular weight is 771 g/mol. The fourth-order valence-corrected chi connectivity index (χ4v) is 11.7. The third kappa shape index (κ3) is 8.04. The lowest BCUT2D eigenvalue weighted by Gasteiger charge is -2.65. The van der Waals surface area contributed by atoms with Crippen molar-refractivity contribution in [2.75, 3.05) is 47.3 Å². The monoisotopic (exact) mass is 770 g/mol. The largest absolute Gasteiger partial charge is 0.416 e. The lowest BCUT2D eigenvalue weighted by Crippen LogP contribution is -2.63. The Balaban J connectivity index is 1.19. The van der Waals surface area contributed by atoms with E-state index in [4.69, 9.17) is 42.6 Å². The van der Waals surface area contributed by atoms with E-state index < -0.39 is 41.9 Å². The van der Waals surface area contributed by atoms with Gasteiger partial charge in [-0.15, -0.1) is 0 Å². The molecule has 0 N–H and O–H groups in total. The van der Waals surface area contributed by atoms with E-state index >= 15 is 0 Å². The van der Waals surface area contributed by atoms with Gasteiger partial charge in [0.05, 0.1) is 23.4 Å². The van der Waals surface area contributed by atoms with Crippen LogP contribution in [-0.2, 0) is 48.8 Å². The lowest BCUT2D eigenvalue weighted by molar-refractivity contribution is -0.339. The van der Waals surface area contributed by atoms with Gasteiger partial charge in [0.2, 0.25) is 0 Å². The Morgan fingerprint density at radius 2 is 1.50 bits per heavy atom. The van der Waals surface area contributed by atoms with Crippen molar-refractivity contribution in [3.05, 3.63) is 35.4 Å². The SMILES string of the molecule is CCOCO[C@@H]1[C@H](O[C@H]2CC[C@@]3(C)[C@H](CC[C@@H]4[C@@H]3CC[C@]3(C)[C@@H](c5cccc(C(F)(F)F)c5)CC[C@]43OCOCC)C2)O[C@@H](C)[C@H](OCOCC)[C@H]1OC. The topological polar surface area (TPSA) is 83.1 Å². The molecular weight excluding hydrogens is 705 g/mol. The minimum atomic E-state index is -4.38. The molecule has 54 heavy (non-hydrogen) atoms. The third-order valence-electron chi connectivity index (χ3n) is 14.4. The molecular formula is C42H65F3O9. The summed E-state index contributed by atoms with van der Waals surface area (Å²) >= 11 is 0. The summed E-state index contributed by atoms with van der Waals surface area (Å²) in [5.41, 5.74) is -0.509. The number of hydrogen-bond acceptors (Lipinski definition) is 9. The van der Waals surface area contributed by atoms with Crippen LogP contribution in [-0.4, -0.2) is 89.7 Å². The van der Waals surface area contributed by atoms with Crippen molar-refractivity contribution in [1.82, 2.24) is 0 Å². The first-order valence-electron chi connectivity index (χ1n) is 20.5. The standard InChI is InChI=1S/C42H65F3O9/c1-8-47-24-50-35-27(4)53-38(37(36(35)46-7)51-25-48-9-2)54-31-16-19-39(5)29(23-31)14-15-34-33(39)17-20-40(6)32(18-21-41(34,40)52-26-49-10-3)28-12-11-13-30(22-28)42(43,44)45/h11-13,22,27,29,31-38H,8-10,14-21,23-26H2,1-7H3/t27-,29+,31-,32+,33-,34+,35-,36+,37-,38-,39-,40+,41-/m0/s1. The maximum atomic E-state index is 13.9. The Morgan fingerprint density at radius 1 is 0.796 bits per heavy atom. The van der Waals surface area contributed by atoms with Crippen molar-refractivity contribution in [2.45, 2.75) is 154 Å². The zero-order chi connectivity index (χ0) is 38.7. The van der Waals surface area contributed by atoms with Gasteiger partial charge in [-0.25, -0.2) is 0 Å². The van der Waals surface area contributed by atoms with Crippen LogP contribution in [0, 0.1) is 28.6 Å². The van der Waals surface area contributed by atoms with Gasteiger partial charge in [0.1, 0.15) is 38.7 Å². The molecule has 0 radical (unpaired) electrons. The summed E-state index contributed by atoms with van der Waals surface area (Å²) in [4.78, 5) is 0. The van der Waals surface area contributed by atoms with Gasteiger partial charge in [-0.05, 0) is 126 Å². The zero-order valence-corrected chi connectivity index (χ0v) is 33.5. The van der Waals surface area contributed by atoms with Crippen LogP contribution in [0.15, 0.2) is 24.3 Å². The highest BCUT2D eigenvalue weighted by Crippen LogP contribution is 2.72. The summed E-state index contributed by atoms with van der Waals surface area (Å²) in [6, 6.07) is 6.02. The summed E-state index contributed by atoms with van der Waals surface area (Å²) in [5.74, 6) is 1.16. The molecule has 1 heterocycles. The van der Waals surface area contributed by atoms with E-state index in [2.05, 4.69) is 13.8 Å². The number of fused-ring (bicyclic) bond motifs is 5. The van der Waals surface area contributed by atoms with Crippen molar-refractivity contribution in [3.63, 3.8) is 0 Å². The highest BCUT2D eigenvalue weighted by molar-refractivity contribution is 5.34. The predicted octanol–water partition coefficient (Wildman–Crippen LogP) is 8.87. The summed E-state index contributed by atoms with van der Waals surface area (Å²) in [5, 5.41) is 0. The van der Waals surface area contributed by atoms with Crippen LogP contribution < -0.4 is 0 Å². The zero-order valence-electron chi connectivity index (χ0n) is 33.5. The van der Waals surface area contributed by atoms with Crippen molar-refractivity contribution in [3.8, 4) is 0 Å². The lowest BCUT2D eigenvalue weighted by atomic mass is 9.43. The molecule has 0 amide bonds.